The van der Waals surface area contributed by atoms with Crippen LogP contribution in [0.3, 0.4) is 0 Å². The number of nitrogens with zero attached hydrogens (tertiary/aromatic N) is 1. The van der Waals surface area contributed by atoms with E-state index in [2.05, 4.69) is 22.3 Å². The minimum atomic E-state index is 0. The van der Waals surface area contributed by atoms with Gasteiger partial charge in [0.15, 0.2) is 0 Å². The van der Waals surface area contributed by atoms with Gasteiger partial charge in [-0.3, -0.25) is 0 Å². The van der Waals surface area contributed by atoms with E-state index in [1.54, 1.807) is 0 Å². The third-order valence-electron chi connectivity index (χ3n) is 3.30. The molecule has 3 nitrogen and oxygen atoms in total. The van der Waals surface area contributed by atoms with Crippen molar-refractivity contribution in [3.8, 4) is 11.5 Å². The number of para-hydroxylation sites is 1. The fourth-order valence-electron chi connectivity index (χ4n) is 2.27. The molecular formula is C16H19BrN2O. The predicted molar refractivity (Wildman–Crippen MR) is 88.4 cm³/mol. The van der Waals surface area contributed by atoms with Crippen LogP contribution < -0.4 is 15.0 Å². The zero-order valence-electron chi connectivity index (χ0n) is 11.3. The van der Waals surface area contributed by atoms with E-state index in [-0.39, 0.29) is 17.0 Å². The van der Waals surface area contributed by atoms with Crippen LogP contribution >= 0.6 is 17.0 Å². The summed E-state index contributed by atoms with van der Waals surface area (Å²) in [5.74, 6) is 1.75. The highest BCUT2D eigenvalue weighted by Crippen LogP contribution is 2.24. The fraction of sp³-hybridized carbons (Fsp3) is 0.250. The maximum absolute atomic E-state index is 5.79. The van der Waals surface area contributed by atoms with Gasteiger partial charge in [0.1, 0.15) is 11.5 Å². The summed E-state index contributed by atoms with van der Waals surface area (Å²) in [5, 5.41) is 3.36. The second kappa shape index (κ2) is 7.31. The molecule has 0 saturated carbocycles. The predicted octanol–water partition coefficient (Wildman–Crippen LogP) is 3.47. The minimum Gasteiger partial charge on any atom is -0.457 e. The van der Waals surface area contributed by atoms with Gasteiger partial charge in [-0.15, -0.1) is 17.0 Å². The Labute approximate surface area is 130 Å². The summed E-state index contributed by atoms with van der Waals surface area (Å²) in [7, 11) is 0. The van der Waals surface area contributed by atoms with Crippen LogP contribution in [0.5, 0.6) is 11.5 Å². The number of ether oxygens (including phenoxy) is 1. The first-order chi connectivity index (χ1) is 9.42. The standard InChI is InChI=1S/C16H18N2O.BrH/c1-2-4-15(5-3-1)19-16-8-6-14(7-9-16)18-12-10-17-11-13-18;/h1-9,17H,10-13H2;1H. The fourth-order valence-corrected chi connectivity index (χ4v) is 2.27. The van der Waals surface area contributed by atoms with Gasteiger partial charge in [-0.05, 0) is 36.4 Å². The van der Waals surface area contributed by atoms with Gasteiger partial charge in [-0.1, -0.05) is 18.2 Å². The van der Waals surface area contributed by atoms with E-state index in [0.29, 0.717) is 0 Å². The lowest BCUT2D eigenvalue weighted by molar-refractivity contribution is 0.482. The van der Waals surface area contributed by atoms with E-state index in [4.69, 9.17) is 4.74 Å². The smallest absolute Gasteiger partial charge is 0.127 e. The van der Waals surface area contributed by atoms with Crippen molar-refractivity contribution in [1.29, 1.82) is 0 Å². The maximum atomic E-state index is 5.79. The number of halogens is 1. The number of hydrogen-bond donors (Lipinski definition) is 1. The highest BCUT2D eigenvalue weighted by molar-refractivity contribution is 8.93. The van der Waals surface area contributed by atoms with Crippen LogP contribution in [-0.4, -0.2) is 26.2 Å². The van der Waals surface area contributed by atoms with Crippen LogP contribution in [0.2, 0.25) is 0 Å². The topological polar surface area (TPSA) is 24.5 Å². The van der Waals surface area contributed by atoms with Gasteiger partial charge in [0.2, 0.25) is 0 Å². The first kappa shape index (κ1) is 14.9. The molecule has 1 aliphatic rings. The monoisotopic (exact) mass is 334 g/mol. The van der Waals surface area contributed by atoms with Crippen LogP contribution in [0.1, 0.15) is 0 Å². The lowest BCUT2D eigenvalue weighted by Crippen LogP contribution is -2.43. The summed E-state index contributed by atoms with van der Waals surface area (Å²) >= 11 is 0. The Hall–Kier alpha value is -1.52. The summed E-state index contributed by atoms with van der Waals surface area (Å²) in [6.07, 6.45) is 0. The molecule has 0 atom stereocenters. The number of nitrogens with one attached hydrogen (secondary N) is 1. The lowest BCUT2D eigenvalue weighted by atomic mass is 10.2. The molecule has 0 aliphatic carbocycles. The van der Waals surface area contributed by atoms with Crippen LogP contribution in [0.25, 0.3) is 0 Å². The molecule has 0 spiro atoms. The van der Waals surface area contributed by atoms with Crippen molar-refractivity contribution in [1.82, 2.24) is 5.32 Å². The molecule has 0 amide bonds. The first-order valence-corrected chi connectivity index (χ1v) is 6.70. The summed E-state index contributed by atoms with van der Waals surface area (Å²) in [6, 6.07) is 18.2. The Morgan fingerprint density at radius 3 is 2.05 bits per heavy atom. The molecule has 1 saturated heterocycles. The van der Waals surface area contributed by atoms with Crippen molar-refractivity contribution >= 4 is 22.7 Å². The molecule has 1 N–H and O–H groups in total. The molecule has 20 heavy (non-hydrogen) atoms. The average Bonchev–Trinajstić information content (AvgIpc) is 2.50. The summed E-state index contributed by atoms with van der Waals surface area (Å²) in [6.45, 7) is 4.25. The van der Waals surface area contributed by atoms with Gasteiger partial charge in [-0.2, -0.15) is 0 Å². The normalized spacial score (nSPS) is 14.5. The lowest BCUT2D eigenvalue weighted by Gasteiger charge is -2.29. The second-order valence-corrected chi connectivity index (χ2v) is 4.65. The molecule has 1 fully saturated rings. The summed E-state index contributed by atoms with van der Waals surface area (Å²) in [4.78, 5) is 2.39. The average molecular weight is 335 g/mol. The highest BCUT2D eigenvalue weighted by Gasteiger charge is 2.10. The number of piperazine rings is 1. The van der Waals surface area contributed by atoms with Gasteiger partial charge in [0.05, 0.1) is 0 Å². The van der Waals surface area contributed by atoms with E-state index in [0.717, 1.165) is 37.7 Å². The third-order valence-corrected chi connectivity index (χ3v) is 3.30. The molecule has 2 aromatic rings. The number of anilines is 1. The molecule has 0 aromatic heterocycles. The van der Waals surface area contributed by atoms with Crippen molar-refractivity contribution in [3.63, 3.8) is 0 Å². The SMILES string of the molecule is Br.c1ccc(Oc2ccc(N3CCNCC3)cc2)cc1. The largest absolute Gasteiger partial charge is 0.457 e. The van der Waals surface area contributed by atoms with Crippen molar-refractivity contribution in [2.45, 2.75) is 0 Å². The molecule has 0 unspecified atom stereocenters. The van der Waals surface area contributed by atoms with Crippen molar-refractivity contribution in [2.75, 3.05) is 31.1 Å². The van der Waals surface area contributed by atoms with E-state index >= 15 is 0 Å². The van der Waals surface area contributed by atoms with E-state index < -0.39 is 0 Å². The van der Waals surface area contributed by atoms with Gasteiger partial charge in [0.25, 0.3) is 0 Å². The van der Waals surface area contributed by atoms with Gasteiger partial charge >= 0.3 is 0 Å². The molecule has 3 rings (SSSR count). The van der Waals surface area contributed by atoms with E-state index in [1.807, 2.05) is 42.5 Å². The van der Waals surface area contributed by atoms with Gasteiger partial charge in [0, 0.05) is 31.9 Å². The van der Waals surface area contributed by atoms with Crippen LogP contribution in [-0.2, 0) is 0 Å². The molecular weight excluding hydrogens is 316 g/mol. The van der Waals surface area contributed by atoms with Crippen molar-refractivity contribution < 1.29 is 4.74 Å². The first-order valence-electron chi connectivity index (χ1n) is 6.70. The van der Waals surface area contributed by atoms with Crippen LogP contribution in [0, 0.1) is 0 Å². The Morgan fingerprint density at radius 1 is 0.800 bits per heavy atom. The molecule has 1 heterocycles. The molecule has 2 aromatic carbocycles. The maximum Gasteiger partial charge on any atom is 0.127 e. The molecule has 0 bridgehead atoms. The summed E-state index contributed by atoms with van der Waals surface area (Å²) in [5.41, 5.74) is 1.27. The summed E-state index contributed by atoms with van der Waals surface area (Å²) < 4.78 is 5.79. The molecule has 0 radical (unpaired) electrons. The van der Waals surface area contributed by atoms with Crippen molar-refractivity contribution in [3.05, 3.63) is 54.6 Å². The van der Waals surface area contributed by atoms with Crippen LogP contribution in [0.4, 0.5) is 5.69 Å². The van der Waals surface area contributed by atoms with Gasteiger partial charge in [-0.25, -0.2) is 0 Å². The molecule has 4 heteroatoms. The third kappa shape index (κ3) is 3.74. The number of hydrogen-bond acceptors (Lipinski definition) is 3. The van der Waals surface area contributed by atoms with Crippen LogP contribution in [0.15, 0.2) is 54.6 Å². The molecule has 106 valence electrons. The Balaban J connectivity index is 0.00000147. The number of rotatable bonds is 3. The Bertz CT molecular complexity index is 510. The van der Waals surface area contributed by atoms with E-state index in [1.165, 1.54) is 5.69 Å². The van der Waals surface area contributed by atoms with Crippen molar-refractivity contribution in [2.24, 2.45) is 0 Å². The van der Waals surface area contributed by atoms with E-state index in [9.17, 15) is 0 Å². The number of benzene rings is 2. The zero-order valence-corrected chi connectivity index (χ0v) is 13.0. The minimum absolute atomic E-state index is 0. The molecule has 1 aliphatic heterocycles. The quantitative estimate of drug-likeness (QED) is 0.930. The Morgan fingerprint density at radius 2 is 1.40 bits per heavy atom. The second-order valence-electron chi connectivity index (χ2n) is 4.65. The highest BCUT2D eigenvalue weighted by atomic mass is 79.9. The Kier molecular flexibility index (Phi) is 5.44. The zero-order chi connectivity index (χ0) is 12.9. The van der Waals surface area contributed by atoms with Gasteiger partial charge < -0.3 is 15.0 Å².